The summed E-state index contributed by atoms with van der Waals surface area (Å²) in [6.07, 6.45) is 0.810. The second kappa shape index (κ2) is 7.98. The van der Waals surface area contributed by atoms with Crippen LogP contribution in [0.15, 0.2) is 35.5 Å². The van der Waals surface area contributed by atoms with Gasteiger partial charge in [-0.25, -0.2) is 4.98 Å². The van der Waals surface area contributed by atoms with Crippen LogP contribution in [0.2, 0.25) is 0 Å². The number of hydrogen-bond acceptors (Lipinski definition) is 4. The number of aryl methyl sites for hydroxylation is 1. The Labute approximate surface area is 135 Å². The monoisotopic (exact) mass is 318 g/mol. The molecule has 0 aliphatic rings. The van der Waals surface area contributed by atoms with Gasteiger partial charge < -0.3 is 4.90 Å². The lowest BCUT2D eigenvalue weighted by Crippen LogP contribution is -2.36. The van der Waals surface area contributed by atoms with Gasteiger partial charge in [-0.3, -0.25) is 9.89 Å². The first-order chi connectivity index (χ1) is 10.6. The summed E-state index contributed by atoms with van der Waals surface area (Å²) in [5.41, 5.74) is 1.14. The van der Waals surface area contributed by atoms with Crippen LogP contribution >= 0.6 is 11.8 Å². The molecule has 1 amide bonds. The van der Waals surface area contributed by atoms with Gasteiger partial charge in [0.05, 0.1) is 5.25 Å². The van der Waals surface area contributed by atoms with Crippen LogP contribution < -0.4 is 0 Å². The molecule has 0 bridgehead atoms. The summed E-state index contributed by atoms with van der Waals surface area (Å²) in [4.78, 5) is 18.8. The molecular formula is C16H22N4OS. The zero-order chi connectivity index (χ0) is 15.9. The van der Waals surface area contributed by atoms with E-state index in [1.807, 2.05) is 56.0 Å². The Balaban J connectivity index is 1.97. The molecule has 1 unspecified atom stereocenters. The Hall–Kier alpha value is -1.82. The largest absolute Gasteiger partial charge is 0.338 e. The number of nitrogens with zero attached hydrogens (tertiary/aromatic N) is 3. The molecule has 0 aliphatic heterocycles. The maximum Gasteiger partial charge on any atom is 0.236 e. The number of aromatic amines is 1. The van der Waals surface area contributed by atoms with Crippen molar-refractivity contribution in [3.63, 3.8) is 0 Å². The highest BCUT2D eigenvalue weighted by atomic mass is 32.2. The van der Waals surface area contributed by atoms with Crippen LogP contribution in [0.3, 0.4) is 0 Å². The van der Waals surface area contributed by atoms with E-state index in [9.17, 15) is 4.79 Å². The Kier molecular flexibility index (Phi) is 6.00. The number of carbonyl (C=O) groups excluding carboxylic acids is 1. The van der Waals surface area contributed by atoms with Crippen molar-refractivity contribution in [1.29, 1.82) is 0 Å². The molecule has 2 rings (SSSR count). The van der Waals surface area contributed by atoms with Gasteiger partial charge in [0.1, 0.15) is 5.82 Å². The van der Waals surface area contributed by atoms with Crippen LogP contribution in [0.4, 0.5) is 0 Å². The van der Waals surface area contributed by atoms with Crippen molar-refractivity contribution < 1.29 is 4.79 Å². The van der Waals surface area contributed by atoms with Gasteiger partial charge in [0, 0.05) is 19.5 Å². The molecule has 0 fully saturated rings. The number of carbonyl (C=O) groups is 1. The predicted molar refractivity (Wildman–Crippen MR) is 88.6 cm³/mol. The maximum atomic E-state index is 12.6. The third-order valence-corrected chi connectivity index (χ3v) is 4.33. The molecule has 0 saturated heterocycles. The average Bonchev–Trinajstić information content (AvgIpc) is 3.00. The van der Waals surface area contributed by atoms with E-state index in [-0.39, 0.29) is 11.2 Å². The number of nitrogens with one attached hydrogen (secondary N) is 1. The summed E-state index contributed by atoms with van der Waals surface area (Å²) in [6.45, 7) is 7.24. The normalized spacial score (nSPS) is 12.1. The molecule has 22 heavy (non-hydrogen) atoms. The van der Waals surface area contributed by atoms with Crippen molar-refractivity contribution in [2.24, 2.45) is 0 Å². The van der Waals surface area contributed by atoms with Gasteiger partial charge in [0.15, 0.2) is 0 Å². The minimum atomic E-state index is -0.204. The van der Waals surface area contributed by atoms with E-state index in [0.717, 1.165) is 17.8 Å². The summed E-state index contributed by atoms with van der Waals surface area (Å²) >= 11 is 1.40. The number of benzene rings is 1. The summed E-state index contributed by atoms with van der Waals surface area (Å²) in [5, 5.41) is 7.44. The van der Waals surface area contributed by atoms with Crippen LogP contribution in [0.1, 0.15) is 32.2 Å². The number of amides is 1. The van der Waals surface area contributed by atoms with Crippen molar-refractivity contribution >= 4 is 17.7 Å². The van der Waals surface area contributed by atoms with Crippen molar-refractivity contribution in [3.8, 4) is 0 Å². The first kappa shape index (κ1) is 16.5. The van der Waals surface area contributed by atoms with Crippen molar-refractivity contribution in [3.05, 3.63) is 41.7 Å². The summed E-state index contributed by atoms with van der Waals surface area (Å²) in [7, 11) is 0. The zero-order valence-electron chi connectivity index (χ0n) is 13.2. The molecule has 118 valence electrons. The molecule has 2 aromatic rings. The maximum absolute atomic E-state index is 12.6. The molecule has 1 atom stereocenters. The van der Waals surface area contributed by atoms with Gasteiger partial charge >= 0.3 is 0 Å². The first-order valence-corrected chi connectivity index (χ1v) is 8.42. The van der Waals surface area contributed by atoms with E-state index in [2.05, 4.69) is 15.2 Å². The lowest BCUT2D eigenvalue weighted by Gasteiger charge is -2.23. The summed E-state index contributed by atoms with van der Waals surface area (Å²) < 4.78 is 0. The second-order valence-corrected chi connectivity index (χ2v) is 6.32. The third-order valence-electron chi connectivity index (χ3n) is 3.39. The average molecular weight is 318 g/mol. The molecule has 5 nitrogen and oxygen atoms in total. The molecule has 0 radical (unpaired) electrons. The minimum Gasteiger partial charge on any atom is -0.338 e. The van der Waals surface area contributed by atoms with Gasteiger partial charge in [0.25, 0.3) is 0 Å². The molecule has 0 spiro atoms. The van der Waals surface area contributed by atoms with Gasteiger partial charge in [0.2, 0.25) is 11.1 Å². The lowest BCUT2D eigenvalue weighted by atomic mass is 10.2. The van der Waals surface area contributed by atoms with Crippen molar-refractivity contribution in [2.45, 2.75) is 44.1 Å². The van der Waals surface area contributed by atoms with Gasteiger partial charge in [-0.15, -0.1) is 5.10 Å². The predicted octanol–water partition coefficient (Wildman–Crippen LogP) is 2.90. The molecule has 1 heterocycles. The highest BCUT2D eigenvalue weighted by Crippen LogP contribution is 2.21. The van der Waals surface area contributed by atoms with Crippen LogP contribution in [0, 0.1) is 0 Å². The number of thioether (sulfide) groups is 1. The fraction of sp³-hybridized carbons (Fsp3) is 0.438. The van der Waals surface area contributed by atoms with E-state index in [0.29, 0.717) is 18.2 Å². The number of rotatable bonds is 7. The van der Waals surface area contributed by atoms with Gasteiger partial charge in [-0.1, -0.05) is 49.0 Å². The quantitative estimate of drug-likeness (QED) is 0.797. The highest BCUT2D eigenvalue weighted by molar-refractivity contribution is 8.00. The van der Waals surface area contributed by atoms with E-state index in [1.54, 1.807) is 0 Å². The number of hydrogen-bond donors (Lipinski definition) is 1. The van der Waals surface area contributed by atoms with Crippen LogP contribution in [-0.4, -0.2) is 37.8 Å². The van der Waals surface area contributed by atoms with E-state index >= 15 is 0 Å². The smallest absolute Gasteiger partial charge is 0.236 e. The summed E-state index contributed by atoms with van der Waals surface area (Å²) in [5.74, 6) is 0.956. The Morgan fingerprint density at radius 2 is 2.05 bits per heavy atom. The minimum absolute atomic E-state index is 0.110. The van der Waals surface area contributed by atoms with Crippen molar-refractivity contribution in [1.82, 2.24) is 20.1 Å². The molecule has 1 N–H and O–H groups in total. The molecule has 1 aromatic carbocycles. The second-order valence-electron chi connectivity index (χ2n) is 5.02. The third kappa shape index (κ3) is 4.34. The van der Waals surface area contributed by atoms with E-state index in [4.69, 9.17) is 0 Å². The number of H-pyrrole nitrogens is 1. The van der Waals surface area contributed by atoms with E-state index in [1.165, 1.54) is 11.8 Å². The molecule has 1 aromatic heterocycles. The topological polar surface area (TPSA) is 61.9 Å². The van der Waals surface area contributed by atoms with Crippen LogP contribution in [0.5, 0.6) is 0 Å². The standard InChI is InChI=1S/C16H22N4OS/c1-4-14-17-16(19-18-14)22-12(3)15(21)20(5-2)11-13-9-7-6-8-10-13/h6-10,12H,4-5,11H2,1-3H3,(H,17,18,19). The molecular weight excluding hydrogens is 296 g/mol. The Bertz CT molecular complexity index is 599. The van der Waals surface area contributed by atoms with E-state index < -0.39 is 0 Å². The summed E-state index contributed by atoms with van der Waals surface area (Å²) in [6, 6.07) is 10.0. The lowest BCUT2D eigenvalue weighted by molar-refractivity contribution is -0.130. The molecule has 0 saturated carbocycles. The number of aromatic nitrogens is 3. The first-order valence-electron chi connectivity index (χ1n) is 7.54. The Morgan fingerprint density at radius 3 is 2.64 bits per heavy atom. The Morgan fingerprint density at radius 1 is 1.32 bits per heavy atom. The zero-order valence-corrected chi connectivity index (χ0v) is 14.1. The van der Waals surface area contributed by atoms with Crippen LogP contribution in [-0.2, 0) is 17.8 Å². The highest BCUT2D eigenvalue weighted by Gasteiger charge is 2.22. The van der Waals surface area contributed by atoms with Gasteiger partial charge in [-0.2, -0.15) is 0 Å². The van der Waals surface area contributed by atoms with Crippen molar-refractivity contribution in [2.75, 3.05) is 6.54 Å². The van der Waals surface area contributed by atoms with Crippen LogP contribution in [0.25, 0.3) is 0 Å². The molecule has 6 heteroatoms. The van der Waals surface area contributed by atoms with Gasteiger partial charge in [-0.05, 0) is 19.4 Å². The fourth-order valence-electron chi connectivity index (χ4n) is 2.10. The fourth-order valence-corrected chi connectivity index (χ4v) is 2.93. The SMILES string of the molecule is CCc1nc(SC(C)C(=O)N(CC)Cc2ccccc2)n[nH]1. The molecule has 0 aliphatic carbocycles.